The van der Waals surface area contributed by atoms with Crippen molar-refractivity contribution in [1.82, 2.24) is 9.88 Å². The van der Waals surface area contributed by atoms with E-state index in [0.29, 0.717) is 12.3 Å². The number of carboxylic acids is 1. The fourth-order valence-corrected chi connectivity index (χ4v) is 5.61. The van der Waals surface area contributed by atoms with Crippen LogP contribution in [-0.4, -0.2) is 59.3 Å². The third-order valence-corrected chi connectivity index (χ3v) is 7.48. The van der Waals surface area contributed by atoms with Crippen LogP contribution in [0.5, 0.6) is 5.75 Å². The van der Waals surface area contributed by atoms with Gasteiger partial charge in [-0.05, 0) is 61.7 Å². The minimum Gasteiger partial charge on any atom is -0.489 e. The molecule has 0 amide bonds. The average molecular weight is 513 g/mol. The predicted octanol–water partition coefficient (Wildman–Crippen LogP) is 5.02. The van der Waals surface area contributed by atoms with Gasteiger partial charge in [0.2, 0.25) is 0 Å². The molecule has 0 unspecified atom stereocenters. The summed E-state index contributed by atoms with van der Waals surface area (Å²) in [4.78, 5) is 28.7. The molecule has 1 aromatic heterocycles. The number of likely N-dealkylation sites (tertiary alicyclic amines) is 1. The molecule has 0 saturated carbocycles. The van der Waals surface area contributed by atoms with Crippen LogP contribution in [0.1, 0.15) is 30.4 Å². The van der Waals surface area contributed by atoms with Crippen molar-refractivity contribution >= 4 is 22.8 Å². The van der Waals surface area contributed by atoms with Gasteiger partial charge in [-0.3, -0.25) is 4.90 Å². The Kier molecular flexibility index (Phi) is 7.75. The highest BCUT2D eigenvalue weighted by atomic mass is 16.6. The highest BCUT2D eigenvalue weighted by molar-refractivity contribution is 6.28. The normalized spacial score (nSPS) is 16.4. The molecule has 1 atom stereocenters. The first-order chi connectivity index (χ1) is 18.5. The van der Waals surface area contributed by atoms with Gasteiger partial charge >= 0.3 is 11.9 Å². The van der Waals surface area contributed by atoms with Gasteiger partial charge < -0.3 is 19.6 Å². The molecule has 4 aromatic rings. The number of aliphatic carboxylic acids is 1. The first kappa shape index (κ1) is 25.5. The smallest absolute Gasteiger partial charge is 0.417 e. The molecule has 38 heavy (non-hydrogen) atoms. The first-order valence-corrected chi connectivity index (χ1v) is 13.0. The molecule has 3 aromatic carbocycles. The van der Waals surface area contributed by atoms with E-state index in [-0.39, 0.29) is 12.0 Å². The zero-order valence-corrected chi connectivity index (χ0v) is 21.2. The van der Waals surface area contributed by atoms with Crippen molar-refractivity contribution in [3.63, 3.8) is 0 Å². The SMILES string of the molecule is O=C(O)C(=O)O[C@H](COc1cccc2[nH]ccc12)CN1CCCC(c2ccccc2)(c2ccccc2)CC1. The van der Waals surface area contributed by atoms with Crippen LogP contribution in [0.4, 0.5) is 0 Å². The lowest BCUT2D eigenvalue weighted by Crippen LogP contribution is -2.40. The lowest BCUT2D eigenvalue weighted by atomic mass is 9.69. The minimum absolute atomic E-state index is 0.0579. The second-order valence-corrected chi connectivity index (χ2v) is 9.81. The maximum absolute atomic E-state index is 12.0. The molecule has 1 saturated heterocycles. The number of hydrogen-bond donors (Lipinski definition) is 2. The van der Waals surface area contributed by atoms with Gasteiger partial charge in [0, 0.05) is 29.1 Å². The monoisotopic (exact) mass is 512 g/mol. The molecule has 5 rings (SSSR count). The van der Waals surface area contributed by atoms with Gasteiger partial charge in [0.1, 0.15) is 18.5 Å². The fourth-order valence-electron chi connectivity index (χ4n) is 5.61. The number of H-pyrrole nitrogens is 1. The van der Waals surface area contributed by atoms with E-state index in [1.807, 2.05) is 42.6 Å². The van der Waals surface area contributed by atoms with E-state index >= 15 is 0 Å². The van der Waals surface area contributed by atoms with Crippen molar-refractivity contribution in [1.29, 1.82) is 0 Å². The summed E-state index contributed by atoms with van der Waals surface area (Å²) in [5.74, 6) is -2.22. The fraction of sp³-hybridized carbons (Fsp3) is 0.290. The number of hydrogen-bond acceptors (Lipinski definition) is 5. The van der Waals surface area contributed by atoms with Crippen LogP contribution >= 0.6 is 0 Å². The number of benzene rings is 3. The number of nitrogens with one attached hydrogen (secondary N) is 1. The van der Waals surface area contributed by atoms with Crippen LogP contribution in [0.25, 0.3) is 10.9 Å². The van der Waals surface area contributed by atoms with Gasteiger partial charge in [-0.15, -0.1) is 0 Å². The highest BCUT2D eigenvalue weighted by Crippen LogP contribution is 2.41. The molecule has 0 aliphatic carbocycles. The minimum atomic E-state index is -1.61. The Labute approximate surface area is 222 Å². The summed E-state index contributed by atoms with van der Waals surface area (Å²) in [5.41, 5.74) is 3.41. The van der Waals surface area contributed by atoms with E-state index in [9.17, 15) is 9.59 Å². The average Bonchev–Trinajstić information content (AvgIpc) is 3.34. The van der Waals surface area contributed by atoms with Crippen LogP contribution in [0.3, 0.4) is 0 Å². The van der Waals surface area contributed by atoms with Crippen molar-refractivity contribution < 1.29 is 24.2 Å². The number of ether oxygens (including phenoxy) is 2. The highest BCUT2D eigenvalue weighted by Gasteiger charge is 2.36. The number of carboxylic acid groups (broad SMARTS) is 1. The topological polar surface area (TPSA) is 91.9 Å². The van der Waals surface area contributed by atoms with Gasteiger partial charge in [0.15, 0.2) is 0 Å². The van der Waals surface area contributed by atoms with Crippen LogP contribution in [-0.2, 0) is 19.7 Å². The van der Waals surface area contributed by atoms with Crippen LogP contribution in [0.2, 0.25) is 0 Å². The lowest BCUT2D eigenvalue weighted by molar-refractivity contribution is -0.169. The number of nitrogens with zero attached hydrogens (tertiary/aromatic N) is 1. The second kappa shape index (κ2) is 11.5. The Hall–Kier alpha value is -4.10. The van der Waals surface area contributed by atoms with Gasteiger partial charge in [-0.25, -0.2) is 9.59 Å². The predicted molar refractivity (Wildman–Crippen MR) is 145 cm³/mol. The van der Waals surface area contributed by atoms with E-state index in [4.69, 9.17) is 14.6 Å². The number of carbonyl (C=O) groups excluding carboxylic acids is 1. The van der Waals surface area contributed by atoms with Crippen molar-refractivity contribution in [2.75, 3.05) is 26.2 Å². The number of rotatable bonds is 8. The molecule has 0 radical (unpaired) electrons. The Bertz CT molecular complexity index is 1330. The zero-order chi connectivity index (χ0) is 26.4. The third kappa shape index (κ3) is 5.58. The summed E-state index contributed by atoms with van der Waals surface area (Å²) in [6.07, 6.45) is 3.94. The van der Waals surface area contributed by atoms with Gasteiger partial charge in [0.25, 0.3) is 0 Å². The van der Waals surface area contributed by atoms with E-state index in [0.717, 1.165) is 43.3 Å². The molecule has 1 fully saturated rings. The number of carbonyl (C=O) groups is 2. The maximum atomic E-state index is 12.0. The number of esters is 1. The molecule has 1 aliphatic rings. The Morgan fingerprint density at radius 1 is 0.895 bits per heavy atom. The van der Waals surface area contributed by atoms with Crippen molar-refractivity contribution in [3.05, 3.63) is 102 Å². The molecular weight excluding hydrogens is 480 g/mol. The van der Waals surface area contributed by atoms with E-state index in [2.05, 4.69) is 58.4 Å². The Morgan fingerprint density at radius 3 is 2.29 bits per heavy atom. The summed E-state index contributed by atoms with van der Waals surface area (Å²) in [7, 11) is 0. The largest absolute Gasteiger partial charge is 0.489 e. The van der Waals surface area contributed by atoms with Gasteiger partial charge in [-0.2, -0.15) is 0 Å². The molecule has 1 aliphatic heterocycles. The maximum Gasteiger partial charge on any atom is 0.417 e. The summed E-state index contributed by atoms with van der Waals surface area (Å²) in [6, 6.07) is 28.9. The van der Waals surface area contributed by atoms with Crippen molar-refractivity contribution in [3.8, 4) is 5.75 Å². The molecule has 2 heterocycles. The van der Waals surface area contributed by atoms with E-state index < -0.39 is 18.0 Å². The second-order valence-electron chi connectivity index (χ2n) is 9.81. The van der Waals surface area contributed by atoms with Crippen molar-refractivity contribution in [2.45, 2.75) is 30.8 Å². The summed E-state index contributed by atoms with van der Waals surface area (Å²) in [6.45, 7) is 2.04. The standard InChI is InChI=1S/C31H32N2O5/c34-29(35)30(36)38-25(22-37-28-14-7-13-27-26(28)15-18-32-27)21-33-19-8-16-31(17-20-33,23-9-3-1-4-10-23)24-11-5-2-6-12-24/h1-7,9-15,18,25,32H,8,16-17,19-22H2,(H,34,35)/t25-/m0/s1. The number of aromatic amines is 1. The number of fused-ring (bicyclic) bond motifs is 1. The van der Waals surface area contributed by atoms with E-state index in [1.54, 1.807) is 0 Å². The number of aromatic nitrogens is 1. The third-order valence-electron chi connectivity index (χ3n) is 7.48. The lowest BCUT2D eigenvalue weighted by Gasteiger charge is -2.34. The molecule has 196 valence electrons. The van der Waals surface area contributed by atoms with Crippen molar-refractivity contribution in [2.24, 2.45) is 0 Å². The Balaban J connectivity index is 1.33. The molecule has 7 nitrogen and oxygen atoms in total. The molecule has 0 spiro atoms. The summed E-state index contributed by atoms with van der Waals surface area (Å²) >= 11 is 0. The quantitative estimate of drug-likeness (QED) is 0.255. The van der Waals surface area contributed by atoms with Crippen LogP contribution < -0.4 is 4.74 Å². The Morgan fingerprint density at radius 2 is 1.61 bits per heavy atom. The van der Waals surface area contributed by atoms with Gasteiger partial charge in [0.05, 0.1) is 0 Å². The molecule has 7 heteroatoms. The molecular formula is C31H32N2O5. The molecule has 0 bridgehead atoms. The summed E-state index contributed by atoms with van der Waals surface area (Å²) in [5, 5.41) is 10.1. The summed E-state index contributed by atoms with van der Waals surface area (Å²) < 4.78 is 11.4. The molecule has 2 N–H and O–H groups in total. The van der Waals surface area contributed by atoms with Crippen LogP contribution in [0, 0.1) is 0 Å². The zero-order valence-electron chi connectivity index (χ0n) is 21.2. The van der Waals surface area contributed by atoms with E-state index in [1.165, 1.54) is 11.1 Å². The van der Waals surface area contributed by atoms with Gasteiger partial charge in [-0.1, -0.05) is 66.7 Å². The van der Waals surface area contributed by atoms with Crippen LogP contribution in [0.15, 0.2) is 91.1 Å². The first-order valence-electron chi connectivity index (χ1n) is 13.0.